The fourth-order valence-corrected chi connectivity index (χ4v) is 3.46. The van der Waals surface area contributed by atoms with Crippen LogP contribution in [0.4, 0.5) is 0 Å². The van der Waals surface area contributed by atoms with Crippen LogP contribution in [0.15, 0.2) is 34.4 Å². The van der Waals surface area contributed by atoms with Gasteiger partial charge >= 0.3 is 0 Å². The van der Waals surface area contributed by atoms with Gasteiger partial charge in [-0.15, -0.1) is 11.3 Å². The summed E-state index contributed by atoms with van der Waals surface area (Å²) in [5.41, 5.74) is 0. The summed E-state index contributed by atoms with van der Waals surface area (Å²) in [6, 6.07) is 3.90. The number of amides is 1. The van der Waals surface area contributed by atoms with Gasteiger partial charge < -0.3 is 9.73 Å². The monoisotopic (exact) mass is 319 g/mol. The van der Waals surface area contributed by atoms with E-state index in [9.17, 15) is 4.79 Å². The molecule has 0 bridgehead atoms. The normalized spacial score (nSPS) is 18.2. The number of nitrogens with zero attached hydrogens (tertiary/aromatic N) is 2. The van der Waals surface area contributed by atoms with E-state index in [0.717, 1.165) is 43.2 Å². The molecule has 3 rings (SSSR count). The molecule has 0 aliphatic carbocycles. The molecule has 1 N–H and O–H groups in total. The number of carbonyl (C=O) groups excluding carboxylic acids is 1. The zero-order valence-electron chi connectivity index (χ0n) is 12.7. The number of thiazole rings is 1. The van der Waals surface area contributed by atoms with Crippen LogP contribution in [0, 0.1) is 5.92 Å². The number of nitrogens with one attached hydrogen (secondary N) is 1. The molecule has 0 saturated carbocycles. The summed E-state index contributed by atoms with van der Waals surface area (Å²) in [5, 5.41) is 5.98. The lowest BCUT2D eigenvalue weighted by molar-refractivity contribution is -0.127. The molecule has 1 saturated heterocycles. The maximum absolute atomic E-state index is 12.4. The van der Waals surface area contributed by atoms with Crippen molar-refractivity contribution in [2.24, 2.45) is 5.92 Å². The van der Waals surface area contributed by atoms with Gasteiger partial charge in [0.1, 0.15) is 10.8 Å². The Morgan fingerprint density at radius 1 is 1.55 bits per heavy atom. The van der Waals surface area contributed by atoms with Crippen LogP contribution in [-0.4, -0.2) is 28.9 Å². The summed E-state index contributed by atoms with van der Waals surface area (Å²) >= 11 is 1.58. The van der Waals surface area contributed by atoms with E-state index in [1.54, 1.807) is 23.8 Å². The second-order valence-corrected chi connectivity index (χ2v) is 6.66. The average molecular weight is 319 g/mol. The fraction of sp³-hybridized carbons (Fsp3) is 0.500. The summed E-state index contributed by atoms with van der Waals surface area (Å²) < 4.78 is 5.38. The molecular formula is C16H21N3O2S. The number of carbonyl (C=O) groups is 1. The first-order valence-electron chi connectivity index (χ1n) is 7.67. The van der Waals surface area contributed by atoms with Gasteiger partial charge in [0.25, 0.3) is 0 Å². The fourth-order valence-electron chi connectivity index (χ4n) is 2.82. The molecule has 3 heterocycles. The summed E-state index contributed by atoms with van der Waals surface area (Å²) in [7, 11) is 0. The van der Waals surface area contributed by atoms with Crippen molar-refractivity contribution in [2.75, 3.05) is 13.1 Å². The Labute approximate surface area is 134 Å². The highest BCUT2D eigenvalue weighted by Gasteiger charge is 2.26. The summed E-state index contributed by atoms with van der Waals surface area (Å²) in [4.78, 5) is 18.9. The van der Waals surface area contributed by atoms with Crippen molar-refractivity contribution in [3.05, 3.63) is 40.7 Å². The maximum atomic E-state index is 12.4. The maximum Gasteiger partial charge on any atom is 0.223 e. The summed E-state index contributed by atoms with van der Waals surface area (Å²) in [5.74, 6) is 1.25. The molecule has 1 atom stereocenters. The van der Waals surface area contributed by atoms with Crippen molar-refractivity contribution in [1.82, 2.24) is 15.2 Å². The zero-order chi connectivity index (χ0) is 15.4. The number of furan rings is 1. The Bertz CT molecular complexity index is 575. The Balaban J connectivity index is 1.45. The first-order chi connectivity index (χ1) is 10.7. The topological polar surface area (TPSA) is 58.4 Å². The third kappa shape index (κ3) is 3.75. The highest BCUT2D eigenvalue weighted by molar-refractivity contribution is 7.09. The number of aromatic nitrogens is 1. The number of hydrogen-bond acceptors (Lipinski definition) is 5. The van der Waals surface area contributed by atoms with E-state index in [4.69, 9.17) is 4.42 Å². The van der Waals surface area contributed by atoms with Crippen LogP contribution >= 0.6 is 11.3 Å². The first kappa shape index (κ1) is 15.2. The Morgan fingerprint density at radius 2 is 2.36 bits per heavy atom. The minimum Gasteiger partial charge on any atom is -0.468 e. The summed E-state index contributed by atoms with van der Waals surface area (Å²) in [6.07, 6.45) is 5.28. The lowest BCUT2D eigenvalue weighted by Crippen LogP contribution is -2.40. The molecule has 5 nitrogen and oxygen atoms in total. The van der Waals surface area contributed by atoms with Gasteiger partial charge in [0.05, 0.1) is 18.8 Å². The molecule has 2 aromatic rings. The van der Waals surface area contributed by atoms with Gasteiger partial charge in [-0.1, -0.05) is 0 Å². The molecule has 118 valence electrons. The molecule has 0 spiro atoms. The minimum absolute atomic E-state index is 0.00588. The molecule has 0 radical (unpaired) electrons. The van der Waals surface area contributed by atoms with Crippen molar-refractivity contribution in [2.45, 2.75) is 32.4 Å². The van der Waals surface area contributed by atoms with E-state index in [-0.39, 0.29) is 17.9 Å². The van der Waals surface area contributed by atoms with Crippen LogP contribution in [0.5, 0.6) is 0 Å². The van der Waals surface area contributed by atoms with E-state index >= 15 is 0 Å². The van der Waals surface area contributed by atoms with Crippen LogP contribution in [0.3, 0.4) is 0 Å². The lowest BCUT2D eigenvalue weighted by atomic mass is 9.95. The molecule has 0 aromatic carbocycles. The van der Waals surface area contributed by atoms with E-state index in [2.05, 4.69) is 15.2 Å². The van der Waals surface area contributed by atoms with Crippen molar-refractivity contribution in [3.63, 3.8) is 0 Å². The highest BCUT2D eigenvalue weighted by Crippen LogP contribution is 2.21. The molecule has 2 aromatic heterocycles. The van der Waals surface area contributed by atoms with Crippen molar-refractivity contribution in [3.8, 4) is 0 Å². The highest BCUT2D eigenvalue weighted by atomic mass is 32.1. The van der Waals surface area contributed by atoms with E-state index in [0.29, 0.717) is 0 Å². The number of piperidine rings is 1. The van der Waals surface area contributed by atoms with E-state index in [1.165, 1.54) is 0 Å². The van der Waals surface area contributed by atoms with E-state index in [1.807, 2.05) is 24.4 Å². The largest absolute Gasteiger partial charge is 0.468 e. The van der Waals surface area contributed by atoms with Gasteiger partial charge in [-0.3, -0.25) is 9.69 Å². The standard InChI is InChI=1S/C16H21N3O2S/c1-12(16-17-6-10-22-16)18-15(20)13-4-7-19(8-5-13)11-14-3-2-9-21-14/h2-3,6,9-10,12-13H,4-5,7-8,11H2,1H3,(H,18,20)/t12-/m1/s1. The van der Waals surface area contributed by atoms with Gasteiger partial charge in [0.15, 0.2) is 0 Å². The third-order valence-electron chi connectivity index (χ3n) is 4.10. The van der Waals surface area contributed by atoms with Gasteiger partial charge in [0, 0.05) is 17.5 Å². The molecule has 1 aliphatic heterocycles. The van der Waals surface area contributed by atoms with Crippen LogP contribution in [0.1, 0.15) is 36.6 Å². The Morgan fingerprint density at radius 3 is 3.00 bits per heavy atom. The van der Waals surface area contributed by atoms with Gasteiger partial charge in [-0.05, 0) is 45.0 Å². The molecule has 6 heteroatoms. The smallest absolute Gasteiger partial charge is 0.223 e. The van der Waals surface area contributed by atoms with Crippen molar-refractivity contribution in [1.29, 1.82) is 0 Å². The van der Waals surface area contributed by atoms with Gasteiger partial charge in [-0.2, -0.15) is 0 Å². The second-order valence-electron chi connectivity index (χ2n) is 5.73. The molecule has 1 amide bonds. The molecule has 1 aliphatic rings. The van der Waals surface area contributed by atoms with Crippen molar-refractivity contribution < 1.29 is 9.21 Å². The molecule has 1 fully saturated rings. The minimum atomic E-state index is -0.00588. The Kier molecular flexibility index (Phi) is 4.90. The zero-order valence-corrected chi connectivity index (χ0v) is 13.5. The Hall–Kier alpha value is -1.66. The second kappa shape index (κ2) is 7.07. The first-order valence-corrected chi connectivity index (χ1v) is 8.55. The molecule has 22 heavy (non-hydrogen) atoms. The van der Waals surface area contributed by atoms with Gasteiger partial charge in [0.2, 0.25) is 5.91 Å². The summed E-state index contributed by atoms with van der Waals surface area (Å²) in [6.45, 7) is 4.69. The van der Waals surface area contributed by atoms with E-state index < -0.39 is 0 Å². The van der Waals surface area contributed by atoms with Crippen LogP contribution < -0.4 is 5.32 Å². The SMILES string of the molecule is C[C@@H](NC(=O)C1CCN(Cc2ccco2)CC1)c1nccs1. The van der Waals surface area contributed by atoms with Crippen LogP contribution in [0.2, 0.25) is 0 Å². The van der Waals surface area contributed by atoms with Crippen molar-refractivity contribution >= 4 is 17.2 Å². The lowest BCUT2D eigenvalue weighted by Gasteiger charge is -2.31. The number of likely N-dealkylation sites (tertiary alicyclic amines) is 1. The number of hydrogen-bond donors (Lipinski definition) is 1. The van der Waals surface area contributed by atoms with Crippen LogP contribution in [-0.2, 0) is 11.3 Å². The number of rotatable bonds is 5. The molecule has 0 unspecified atom stereocenters. The van der Waals surface area contributed by atoms with Crippen LogP contribution in [0.25, 0.3) is 0 Å². The van der Waals surface area contributed by atoms with Gasteiger partial charge in [-0.25, -0.2) is 4.98 Å². The predicted molar refractivity (Wildman–Crippen MR) is 85.4 cm³/mol. The average Bonchev–Trinajstić information content (AvgIpc) is 3.21. The third-order valence-corrected chi connectivity index (χ3v) is 5.06. The quantitative estimate of drug-likeness (QED) is 0.920. The predicted octanol–water partition coefficient (Wildman–Crippen LogP) is 2.83. The molecular weight excluding hydrogens is 298 g/mol.